The molecule has 0 saturated heterocycles. The number of thiophene rings is 1. The van der Waals surface area contributed by atoms with Gasteiger partial charge in [-0.25, -0.2) is 0 Å². The fourth-order valence-electron chi connectivity index (χ4n) is 0.909. The van der Waals surface area contributed by atoms with Crippen LogP contribution in [0.15, 0.2) is 12.1 Å². The lowest BCUT2D eigenvalue weighted by molar-refractivity contribution is 0.0795. The van der Waals surface area contributed by atoms with E-state index >= 15 is 0 Å². The molecule has 0 spiro atoms. The van der Waals surface area contributed by atoms with Gasteiger partial charge < -0.3 is 4.74 Å². The molecule has 1 rings (SSSR count). The fourth-order valence-corrected chi connectivity index (χ4v) is 1.90. The van der Waals surface area contributed by atoms with Gasteiger partial charge in [-0.3, -0.25) is 4.79 Å². The van der Waals surface area contributed by atoms with E-state index in [1.54, 1.807) is 19.2 Å². The van der Waals surface area contributed by atoms with Gasteiger partial charge >= 0.3 is 0 Å². The molecule has 13 heavy (non-hydrogen) atoms. The molecule has 1 aromatic heterocycles. The zero-order valence-corrected chi connectivity index (χ0v) is 9.11. The van der Waals surface area contributed by atoms with Crippen molar-refractivity contribution in [1.82, 2.24) is 0 Å². The van der Waals surface area contributed by atoms with E-state index in [0.29, 0.717) is 15.6 Å². The second kappa shape index (κ2) is 4.74. The van der Waals surface area contributed by atoms with Crippen LogP contribution in [-0.2, 0) is 4.74 Å². The summed E-state index contributed by atoms with van der Waals surface area (Å²) in [6.07, 6.45) is 0.376. The lowest BCUT2D eigenvalue weighted by atomic mass is 10.2. The number of carbonyl (C=O) groups excluding carboxylic acids is 1. The summed E-state index contributed by atoms with van der Waals surface area (Å²) in [6, 6.07) is 3.48. The van der Waals surface area contributed by atoms with Crippen molar-refractivity contribution in [1.29, 1.82) is 0 Å². The van der Waals surface area contributed by atoms with E-state index in [1.807, 2.05) is 6.92 Å². The third kappa shape index (κ3) is 3.10. The summed E-state index contributed by atoms with van der Waals surface area (Å²) in [6.45, 7) is 1.87. The van der Waals surface area contributed by atoms with E-state index in [4.69, 9.17) is 16.3 Å². The first-order valence-corrected chi connectivity index (χ1v) is 5.14. The number of Topliss-reactive ketones (excluding diaryl/α,β-unsaturated/α-hetero) is 1. The molecule has 0 N–H and O–H groups in total. The predicted octanol–water partition coefficient (Wildman–Crippen LogP) is 3.01. The predicted molar refractivity (Wildman–Crippen MR) is 54.7 cm³/mol. The highest BCUT2D eigenvalue weighted by molar-refractivity contribution is 7.18. The summed E-state index contributed by atoms with van der Waals surface area (Å²) in [4.78, 5) is 12.2. The number of ketones is 1. The molecule has 1 unspecified atom stereocenters. The summed E-state index contributed by atoms with van der Waals surface area (Å²) in [5, 5.41) is 0. The highest BCUT2D eigenvalue weighted by atomic mass is 35.5. The Morgan fingerprint density at radius 3 is 2.85 bits per heavy atom. The largest absolute Gasteiger partial charge is 0.381 e. The highest BCUT2D eigenvalue weighted by Gasteiger charge is 2.12. The molecule has 0 radical (unpaired) electrons. The fraction of sp³-hybridized carbons (Fsp3) is 0.444. The van der Waals surface area contributed by atoms with Crippen LogP contribution in [-0.4, -0.2) is 19.0 Å². The Bertz CT molecular complexity index is 296. The monoisotopic (exact) mass is 218 g/mol. The van der Waals surface area contributed by atoms with E-state index in [0.717, 1.165) is 0 Å². The molecule has 0 aliphatic heterocycles. The van der Waals surface area contributed by atoms with Crippen LogP contribution < -0.4 is 0 Å². The average molecular weight is 219 g/mol. The normalized spacial score (nSPS) is 12.8. The maximum Gasteiger partial charge on any atom is 0.175 e. The van der Waals surface area contributed by atoms with Crippen molar-refractivity contribution in [2.45, 2.75) is 19.4 Å². The Kier molecular flexibility index (Phi) is 3.90. The summed E-state index contributed by atoms with van der Waals surface area (Å²) >= 11 is 7.02. The minimum absolute atomic E-state index is 0.0339. The standard InChI is InChI=1S/C9H11ClO2S/c1-6(12-2)5-7(11)8-3-4-9(10)13-8/h3-4,6H,5H2,1-2H3. The van der Waals surface area contributed by atoms with Gasteiger partial charge in [0.15, 0.2) is 5.78 Å². The molecule has 0 fully saturated rings. The van der Waals surface area contributed by atoms with Gasteiger partial charge in [0.1, 0.15) is 0 Å². The number of halogens is 1. The first-order chi connectivity index (χ1) is 6.13. The van der Waals surface area contributed by atoms with Crippen molar-refractivity contribution in [3.63, 3.8) is 0 Å². The third-order valence-electron chi connectivity index (χ3n) is 1.72. The lowest BCUT2D eigenvalue weighted by Crippen LogP contribution is -2.11. The zero-order valence-electron chi connectivity index (χ0n) is 7.54. The minimum atomic E-state index is -0.0339. The van der Waals surface area contributed by atoms with E-state index < -0.39 is 0 Å². The van der Waals surface area contributed by atoms with Crippen LogP contribution in [0.2, 0.25) is 4.34 Å². The van der Waals surface area contributed by atoms with E-state index in [2.05, 4.69) is 0 Å². The molecule has 0 saturated carbocycles. The van der Waals surface area contributed by atoms with Crippen molar-refractivity contribution in [2.75, 3.05) is 7.11 Å². The van der Waals surface area contributed by atoms with Crippen LogP contribution in [0.3, 0.4) is 0 Å². The summed E-state index contributed by atoms with van der Waals surface area (Å²) < 4.78 is 5.65. The topological polar surface area (TPSA) is 26.3 Å². The zero-order chi connectivity index (χ0) is 9.84. The molecule has 0 bridgehead atoms. The SMILES string of the molecule is COC(C)CC(=O)c1ccc(Cl)s1. The van der Waals surface area contributed by atoms with Gasteiger partial charge in [-0.2, -0.15) is 0 Å². The van der Waals surface area contributed by atoms with Gasteiger partial charge in [0, 0.05) is 13.5 Å². The van der Waals surface area contributed by atoms with Crippen LogP contribution in [0.4, 0.5) is 0 Å². The van der Waals surface area contributed by atoms with E-state index in [9.17, 15) is 4.79 Å². The lowest BCUT2D eigenvalue weighted by Gasteiger charge is -2.06. The molecule has 1 aromatic rings. The van der Waals surface area contributed by atoms with Crippen LogP contribution in [0, 0.1) is 0 Å². The second-order valence-corrected chi connectivity index (χ2v) is 4.49. The number of hydrogen-bond acceptors (Lipinski definition) is 3. The van der Waals surface area contributed by atoms with Gasteiger partial charge in [0.05, 0.1) is 15.3 Å². The van der Waals surface area contributed by atoms with Gasteiger partial charge in [0.2, 0.25) is 0 Å². The number of hydrogen-bond donors (Lipinski definition) is 0. The van der Waals surface area contributed by atoms with Crippen LogP contribution in [0.1, 0.15) is 23.0 Å². The molecule has 0 amide bonds. The molecular formula is C9H11ClO2S. The molecule has 0 aromatic carbocycles. The van der Waals surface area contributed by atoms with Crippen molar-refractivity contribution >= 4 is 28.7 Å². The summed E-state index contributed by atoms with van der Waals surface area (Å²) in [7, 11) is 1.60. The van der Waals surface area contributed by atoms with Crippen LogP contribution >= 0.6 is 22.9 Å². The van der Waals surface area contributed by atoms with E-state index in [1.165, 1.54) is 11.3 Å². The molecule has 4 heteroatoms. The summed E-state index contributed by atoms with van der Waals surface area (Å²) in [5.74, 6) is 0.0891. The minimum Gasteiger partial charge on any atom is -0.381 e. The number of methoxy groups -OCH3 is 1. The van der Waals surface area contributed by atoms with E-state index in [-0.39, 0.29) is 11.9 Å². The summed E-state index contributed by atoms with van der Waals surface area (Å²) in [5.41, 5.74) is 0. The van der Waals surface area contributed by atoms with Crippen molar-refractivity contribution in [3.8, 4) is 0 Å². The first kappa shape index (κ1) is 10.7. The second-order valence-electron chi connectivity index (χ2n) is 2.78. The molecule has 0 aliphatic carbocycles. The first-order valence-electron chi connectivity index (χ1n) is 3.95. The Labute approximate surface area is 86.5 Å². The number of ether oxygens (including phenoxy) is 1. The number of carbonyl (C=O) groups is 1. The number of rotatable bonds is 4. The Hall–Kier alpha value is -0.380. The molecule has 1 heterocycles. The van der Waals surface area contributed by atoms with Crippen molar-refractivity contribution < 1.29 is 9.53 Å². The van der Waals surface area contributed by atoms with Gasteiger partial charge in [0.25, 0.3) is 0 Å². The molecule has 2 nitrogen and oxygen atoms in total. The highest BCUT2D eigenvalue weighted by Crippen LogP contribution is 2.23. The Morgan fingerprint density at radius 2 is 2.38 bits per heavy atom. The van der Waals surface area contributed by atoms with Crippen molar-refractivity contribution in [3.05, 3.63) is 21.3 Å². The van der Waals surface area contributed by atoms with Gasteiger partial charge in [-0.15, -0.1) is 11.3 Å². The maximum atomic E-state index is 11.5. The molecule has 72 valence electrons. The quantitative estimate of drug-likeness (QED) is 0.727. The molecule has 0 aliphatic rings. The molecule has 1 atom stereocenters. The maximum absolute atomic E-state index is 11.5. The van der Waals surface area contributed by atoms with Crippen molar-refractivity contribution in [2.24, 2.45) is 0 Å². The smallest absolute Gasteiger partial charge is 0.175 e. The van der Waals surface area contributed by atoms with Crippen LogP contribution in [0.5, 0.6) is 0 Å². The average Bonchev–Trinajstić information content (AvgIpc) is 2.51. The Morgan fingerprint density at radius 1 is 1.69 bits per heavy atom. The third-order valence-corrected chi connectivity index (χ3v) is 3.00. The Balaban J connectivity index is 2.58. The van der Waals surface area contributed by atoms with Crippen LogP contribution in [0.25, 0.3) is 0 Å². The van der Waals surface area contributed by atoms with Gasteiger partial charge in [-0.05, 0) is 19.1 Å². The molecular weight excluding hydrogens is 208 g/mol. The van der Waals surface area contributed by atoms with Gasteiger partial charge in [-0.1, -0.05) is 11.6 Å².